The molecule has 0 fully saturated rings. The number of carbonyl (C=O) groups is 1. The summed E-state index contributed by atoms with van der Waals surface area (Å²) < 4.78 is 0. The van der Waals surface area contributed by atoms with E-state index in [9.17, 15) is 4.79 Å². The average Bonchev–Trinajstić information content (AvgIpc) is 2.00. The molecule has 0 aliphatic carbocycles. The lowest BCUT2D eigenvalue weighted by molar-refractivity contribution is -0.125. The smallest absolute Gasteiger partial charge is 0.237 e. The Bertz CT molecular complexity index is 199. The summed E-state index contributed by atoms with van der Waals surface area (Å²) >= 11 is 4.12. The largest absolute Gasteiger partial charge is 0.350 e. The lowest BCUT2D eigenvalue weighted by Crippen LogP contribution is -2.53. The highest BCUT2D eigenvalue weighted by Crippen LogP contribution is 2.05. The quantitative estimate of drug-likeness (QED) is 0.628. The van der Waals surface area contributed by atoms with Crippen molar-refractivity contribution in [3.8, 4) is 0 Å². The molecular formula is C11H24N2OS. The van der Waals surface area contributed by atoms with Gasteiger partial charge in [-0.3, -0.25) is 4.79 Å². The Morgan fingerprint density at radius 3 is 2.20 bits per heavy atom. The SMILES string of the molecule is CC(C)C(NCCS)C(=O)NC(C)(C)C. The van der Waals surface area contributed by atoms with Crippen LogP contribution in [0.2, 0.25) is 0 Å². The van der Waals surface area contributed by atoms with E-state index in [4.69, 9.17) is 0 Å². The van der Waals surface area contributed by atoms with Crippen molar-refractivity contribution in [2.45, 2.75) is 46.2 Å². The molecule has 2 N–H and O–H groups in total. The molecule has 0 saturated carbocycles. The van der Waals surface area contributed by atoms with Crippen LogP contribution in [0.4, 0.5) is 0 Å². The van der Waals surface area contributed by atoms with Crippen molar-refractivity contribution in [2.24, 2.45) is 5.92 Å². The summed E-state index contributed by atoms with van der Waals surface area (Å²) in [4.78, 5) is 11.9. The molecule has 90 valence electrons. The molecule has 0 radical (unpaired) electrons. The third-order valence-electron chi connectivity index (χ3n) is 1.92. The second-order valence-corrected chi connectivity index (χ2v) is 5.59. The first-order valence-corrected chi connectivity index (χ1v) is 6.07. The molecule has 0 aromatic rings. The summed E-state index contributed by atoms with van der Waals surface area (Å²) in [6.07, 6.45) is 0. The van der Waals surface area contributed by atoms with Crippen LogP contribution in [0, 0.1) is 5.92 Å². The van der Waals surface area contributed by atoms with E-state index in [0.717, 1.165) is 12.3 Å². The van der Waals surface area contributed by atoms with Gasteiger partial charge in [0.1, 0.15) is 0 Å². The molecule has 0 saturated heterocycles. The van der Waals surface area contributed by atoms with Crippen molar-refractivity contribution in [3.63, 3.8) is 0 Å². The van der Waals surface area contributed by atoms with Crippen LogP contribution >= 0.6 is 12.6 Å². The first kappa shape index (κ1) is 14.8. The highest BCUT2D eigenvalue weighted by atomic mass is 32.1. The molecular weight excluding hydrogens is 208 g/mol. The Kier molecular flexibility index (Phi) is 6.29. The van der Waals surface area contributed by atoms with Crippen LogP contribution < -0.4 is 10.6 Å². The predicted octanol–water partition coefficient (Wildman–Crippen LogP) is 1.45. The van der Waals surface area contributed by atoms with Crippen LogP contribution in [-0.4, -0.2) is 29.8 Å². The molecule has 0 bridgehead atoms. The zero-order valence-electron chi connectivity index (χ0n) is 10.4. The summed E-state index contributed by atoms with van der Waals surface area (Å²) in [6.45, 7) is 10.8. The third-order valence-corrected chi connectivity index (χ3v) is 2.15. The maximum absolute atomic E-state index is 11.9. The standard InChI is InChI=1S/C11H24N2OS/c1-8(2)9(12-6-7-15)10(14)13-11(3,4)5/h8-9,12,15H,6-7H2,1-5H3,(H,13,14). The van der Waals surface area contributed by atoms with Crippen molar-refractivity contribution in [1.82, 2.24) is 10.6 Å². The minimum atomic E-state index is -0.174. The highest BCUT2D eigenvalue weighted by Gasteiger charge is 2.24. The van der Waals surface area contributed by atoms with Crippen molar-refractivity contribution in [1.29, 1.82) is 0 Å². The predicted molar refractivity (Wildman–Crippen MR) is 68.4 cm³/mol. The molecule has 0 aromatic carbocycles. The van der Waals surface area contributed by atoms with E-state index in [-0.39, 0.29) is 23.4 Å². The summed E-state index contributed by atoms with van der Waals surface area (Å²) in [7, 11) is 0. The van der Waals surface area contributed by atoms with Crippen LogP contribution in [-0.2, 0) is 4.79 Å². The van der Waals surface area contributed by atoms with Crippen LogP contribution in [0.5, 0.6) is 0 Å². The Balaban J connectivity index is 4.29. The Morgan fingerprint density at radius 1 is 1.33 bits per heavy atom. The fraction of sp³-hybridized carbons (Fsp3) is 0.909. The molecule has 0 rings (SSSR count). The Morgan fingerprint density at radius 2 is 1.87 bits per heavy atom. The van der Waals surface area contributed by atoms with Crippen LogP contribution in [0.25, 0.3) is 0 Å². The summed E-state index contributed by atoms with van der Waals surface area (Å²) in [5, 5.41) is 6.19. The Labute approximate surface area is 98.8 Å². The van der Waals surface area contributed by atoms with Crippen LogP contribution in [0.3, 0.4) is 0 Å². The molecule has 15 heavy (non-hydrogen) atoms. The Hall–Kier alpha value is -0.220. The summed E-state index contributed by atoms with van der Waals surface area (Å²) in [5.74, 6) is 1.10. The molecule has 1 amide bonds. The fourth-order valence-electron chi connectivity index (χ4n) is 1.30. The van der Waals surface area contributed by atoms with Crippen LogP contribution in [0.1, 0.15) is 34.6 Å². The van der Waals surface area contributed by atoms with E-state index in [1.165, 1.54) is 0 Å². The number of rotatable bonds is 5. The van der Waals surface area contributed by atoms with Gasteiger partial charge in [0.2, 0.25) is 5.91 Å². The number of thiol groups is 1. The van der Waals surface area contributed by atoms with Gasteiger partial charge in [-0.25, -0.2) is 0 Å². The van der Waals surface area contributed by atoms with Crippen molar-refractivity contribution in [3.05, 3.63) is 0 Å². The van der Waals surface area contributed by atoms with Gasteiger partial charge in [0.15, 0.2) is 0 Å². The highest BCUT2D eigenvalue weighted by molar-refractivity contribution is 7.80. The number of carbonyl (C=O) groups excluding carboxylic acids is 1. The number of nitrogens with one attached hydrogen (secondary N) is 2. The lowest BCUT2D eigenvalue weighted by Gasteiger charge is -2.27. The molecule has 1 unspecified atom stereocenters. The van der Waals surface area contributed by atoms with Crippen molar-refractivity contribution in [2.75, 3.05) is 12.3 Å². The number of hydrogen-bond donors (Lipinski definition) is 3. The first-order chi connectivity index (χ1) is 6.78. The molecule has 0 aliphatic heterocycles. The normalized spacial score (nSPS) is 14.1. The van der Waals surface area contributed by atoms with Gasteiger partial charge in [-0.05, 0) is 26.7 Å². The molecule has 0 aromatic heterocycles. The molecule has 4 heteroatoms. The van der Waals surface area contributed by atoms with Crippen LogP contribution in [0.15, 0.2) is 0 Å². The minimum absolute atomic E-state index is 0.0688. The molecule has 3 nitrogen and oxygen atoms in total. The van der Waals surface area contributed by atoms with Gasteiger partial charge in [0.05, 0.1) is 6.04 Å². The average molecular weight is 232 g/mol. The summed E-state index contributed by atoms with van der Waals surface area (Å²) in [6, 6.07) is -0.128. The van der Waals surface area contributed by atoms with Gasteiger partial charge in [0, 0.05) is 17.8 Å². The number of amides is 1. The topological polar surface area (TPSA) is 41.1 Å². The lowest BCUT2D eigenvalue weighted by atomic mass is 10.0. The second kappa shape index (κ2) is 6.38. The van der Waals surface area contributed by atoms with E-state index in [2.05, 4.69) is 23.3 Å². The van der Waals surface area contributed by atoms with E-state index >= 15 is 0 Å². The monoisotopic (exact) mass is 232 g/mol. The maximum Gasteiger partial charge on any atom is 0.237 e. The molecule has 0 spiro atoms. The molecule has 1 atom stereocenters. The van der Waals surface area contributed by atoms with Gasteiger partial charge in [0.25, 0.3) is 0 Å². The van der Waals surface area contributed by atoms with Gasteiger partial charge >= 0.3 is 0 Å². The van der Waals surface area contributed by atoms with E-state index in [0.29, 0.717) is 0 Å². The minimum Gasteiger partial charge on any atom is -0.350 e. The van der Waals surface area contributed by atoms with Crippen molar-refractivity contribution < 1.29 is 4.79 Å². The number of hydrogen-bond acceptors (Lipinski definition) is 3. The zero-order chi connectivity index (χ0) is 12.1. The first-order valence-electron chi connectivity index (χ1n) is 5.44. The third kappa shape index (κ3) is 6.79. The van der Waals surface area contributed by atoms with Gasteiger partial charge in [-0.1, -0.05) is 13.8 Å². The van der Waals surface area contributed by atoms with E-state index in [1.807, 2.05) is 34.6 Å². The maximum atomic E-state index is 11.9. The van der Waals surface area contributed by atoms with E-state index < -0.39 is 0 Å². The second-order valence-electron chi connectivity index (χ2n) is 5.14. The zero-order valence-corrected chi connectivity index (χ0v) is 11.3. The van der Waals surface area contributed by atoms with Gasteiger partial charge < -0.3 is 10.6 Å². The molecule has 0 heterocycles. The fourth-order valence-corrected chi connectivity index (χ4v) is 1.43. The van der Waals surface area contributed by atoms with E-state index in [1.54, 1.807) is 0 Å². The summed E-state index contributed by atoms with van der Waals surface area (Å²) in [5.41, 5.74) is -0.174. The molecule has 0 aliphatic rings. The van der Waals surface area contributed by atoms with Gasteiger partial charge in [-0.15, -0.1) is 0 Å². The van der Waals surface area contributed by atoms with Gasteiger partial charge in [-0.2, -0.15) is 12.6 Å². The van der Waals surface area contributed by atoms with Crippen molar-refractivity contribution >= 4 is 18.5 Å².